The van der Waals surface area contributed by atoms with Gasteiger partial charge in [0.25, 0.3) is 0 Å². The number of ether oxygens (including phenoxy) is 1. The molecule has 0 radical (unpaired) electrons. The summed E-state index contributed by atoms with van der Waals surface area (Å²) >= 11 is 0. The maximum absolute atomic E-state index is 10.8. The zero-order valence-corrected chi connectivity index (χ0v) is 11.4. The molecule has 0 fully saturated rings. The molecule has 0 spiro atoms. The Morgan fingerprint density at radius 1 is 1.21 bits per heavy atom. The summed E-state index contributed by atoms with van der Waals surface area (Å²) in [5.74, 6) is 1.37. The van der Waals surface area contributed by atoms with E-state index in [1.807, 2.05) is 35.0 Å². The van der Waals surface area contributed by atoms with Crippen LogP contribution in [-0.4, -0.2) is 17.5 Å². The average molecular weight is 257 g/mol. The van der Waals surface area contributed by atoms with Crippen LogP contribution in [0.1, 0.15) is 35.8 Å². The minimum absolute atomic E-state index is 0.438. The Morgan fingerprint density at radius 2 is 2.00 bits per heavy atom. The molecule has 0 aliphatic rings. The predicted molar refractivity (Wildman–Crippen MR) is 75.8 cm³/mol. The first-order valence-corrected chi connectivity index (χ1v) is 6.54. The van der Waals surface area contributed by atoms with Gasteiger partial charge in [-0.2, -0.15) is 0 Å². The molecular weight excluding hydrogens is 238 g/mol. The van der Waals surface area contributed by atoms with Gasteiger partial charge >= 0.3 is 0 Å². The van der Waals surface area contributed by atoms with E-state index in [-0.39, 0.29) is 0 Å². The Kier molecular flexibility index (Phi) is 4.39. The molecule has 0 saturated heterocycles. The molecule has 0 unspecified atom stereocenters. The molecule has 2 aromatic rings. The topological polar surface area (TPSA) is 31.2 Å². The summed E-state index contributed by atoms with van der Waals surface area (Å²) in [6, 6.07) is 11.8. The van der Waals surface area contributed by atoms with Gasteiger partial charge in [0.05, 0.1) is 12.2 Å². The Labute approximate surface area is 113 Å². The fourth-order valence-corrected chi connectivity index (χ4v) is 2.08. The van der Waals surface area contributed by atoms with Gasteiger partial charge in [0.15, 0.2) is 6.29 Å². The Hall–Kier alpha value is -2.03. The molecule has 100 valence electrons. The van der Waals surface area contributed by atoms with Gasteiger partial charge in [-0.1, -0.05) is 32.0 Å². The van der Waals surface area contributed by atoms with Crippen LogP contribution in [0.3, 0.4) is 0 Å². The average Bonchev–Trinajstić information content (AvgIpc) is 2.86. The van der Waals surface area contributed by atoms with E-state index < -0.39 is 0 Å². The second-order valence-corrected chi connectivity index (χ2v) is 4.79. The van der Waals surface area contributed by atoms with E-state index in [1.54, 1.807) is 6.07 Å². The van der Waals surface area contributed by atoms with Crippen molar-refractivity contribution in [3.63, 3.8) is 0 Å². The lowest BCUT2D eigenvalue weighted by Gasteiger charge is -2.14. The lowest BCUT2D eigenvalue weighted by Crippen LogP contribution is -2.10. The third-order valence-corrected chi connectivity index (χ3v) is 3.12. The van der Waals surface area contributed by atoms with Crippen molar-refractivity contribution < 1.29 is 9.53 Å². The highest BCUT2D eigenvalue weighted by Gasteiger charge is 2.06. The smallest absolute Gasteiger partial charge is 0.166 e. The number of carbonyl (C=O) groups excluding carboxylic acids is 1. The summed E-state index contributed by atoms with van der Waals surface area (Å²) < 4.78 is 7.73. The van der Waals surface area contributed by atoms with Crippen LogP contribution in [0.2, 0.25) is 0 Å². The van der Waals surface area contributed by atoms with Crippen molar-refractivity contribution in [2.24, 2.45) is 0 Å². The van der Waals surface area contributed by atoms with Gasteiger partial charge in [-0.15, -0.1) is 0 Å². The van der Waals surface area contributed by atoms with E-state index in [9.17, 15) is 4.79 Å². The van der Waals surface area contributed by atoms with E-state index in [4.69, 9.17) is 4.74 Å². The number of hydrogen-bond acceptors (Lipinski definition) is 2. The van der Waals surface area contributed by atoms with Gasteiger partial charge in [0.2, 0.25) is 0 Å². The van der Waals surface area contributed by atoms with Gasteiger partial charge in [-0.25, -0.2) is 0 Å². The Bertz CT molecular complexity index is 543. The first kappa shape index (κ1) is 13.4. The monoisotopic (exact) mass is 257 g/mol. The Balaban J connectivity index is 1.98. The molecular formula is C16H19NO2. The number of benzene rings is 1. The summed E-state index contributed by atoms with van der Waals surface area (Å²) in [5, 5.41) is 0. The normalized spacial score (nSPS) is 10.7. The highest BCUT2D eigenvalue weighted by Crippen LogP contribution is 2.25. The highest BCUT2D eigenvalue weighted by molar-refractivity contribution is 5.72. The van der Waals surface area contributed by atoms with Crippen LogP contribution in [0.25, 0.3) is 0 Å². The number of para-hydroxylation sites is 1. The van der Waals surface area contributed by atoms with Crippen molar-refractivity contribution in [2.75, 3.05) is 6.61 Å². The van der Waals surface area contributed by atoms with Crippen LogP contribution in [0.5, 0.6) is 5.75 Å². The summed E-state index contributed by atoms with van der Waals surface area (Å²) in [7, 11) is 0. The van der Waals surface area contributed by atoms with Gasteiger partial charge < -0.3 is 9.30 Å². The molecule has 0 saturated carbocycles. The molecule has 19 heavy (non-hydrogen) atoms. The van der Waals surface area contributed by atoms with E-state index in [0.717, 1.165) is 12.0 Å². The fraction of sp³-hybridized carbons (Fsp3) is 0.312. The number of hydrogen-bond donors (Lipinski definition) is 0. The van der Waals surface area contributed by atoms with Gasteiger partial charge in [-0.05, 0) is 29.7 Å². The first-order chi connectivity index (χ1) is 9.22. The number of rotatable bonds is 6. The first-order valence-electron chi connectivity index (χ1n) is 6.54. The van der Waals surface area contributed by atoms with E-state index in [0.29, 0.717) is 24.8 Å². The fourth-order valence-electron chi connectivity index (χ4n) is 2.08. The minimum atomic E-state index is 0.438. The summed E-state index contributed by atoms with van der Waals surface area (Å²) in [6.07, 6.45) is 2.75. The lowest BCUT2D eigenvalue weighted by molar-refractivity contribution is 0.111. The van der Waals surface area contributed by atoms with Crippen molar-refractivity contribution in [1.29, 1.82) is 0 Å². The molecule has 1 aromatic heterocycles. The number of aromatic nitrogens is 1. The van der Waals surface area contributed by atoms with Crippen LogP contribution in [0, 0.1) is 0 Å². The molecule has 0 aliphatic heterocycles. The number of nitrogens with zero attached hydrogens (tertiary/aromatic N) is 1. The van der Waals surface area contributed by atoms with Crippen LogP contribution in [-0.2, 0) is 6.54 Å². The SMILES string of the molecule is CC(C)c1ccccc1OCCn1cccc1C=O. The summed E-state index contributed by atoms with van der Waals surface area (Å²) in [4.78, 5) is 10.8. The lowest BCUT2D eigenvalue weighted by atomic mass is 10.0. The largest absolute Gasteiger partial charge is 0.491 e. The molecule has 3 nitrogen and oxygen atoms in total. The van der Waals surface area contributed by atoms with Crippen molar-refractivity contribution in [3.8, 4) is 5.75 Å². The van der Waals surface area contributed by atoms with Crippen LogP contribution in [0.15, 0.2) is 42.6 Å². The molecule has 0 amide bonds. The standard InChI is InChI=1S/C16H19NO2/c1-13(2)15-7-3-4-8-16(15)19-11-10-17-9-5-6-14(17)12-18/h3-9,12-13H,10-11H2,1-2H3. The second-order valence-electron chi connectivity index (χ2n) is 4.79. The van der Waals surface area contributed by atoms with E-state index in [1.165, 1.54) is 5.56 Å². The molecule has 1 heterocycles. The molecule has 0 aliphatic carbocycles. The maximum Gasteiger partial charge on any atom is 0.166 e. The predicted octanol–water partition coefficient (Wildman–Crippen LogP) is 3.50. The summed E-state index contributed by atoms with van der Waals surface area (Å²) in [6.45, 7) is 5.53. The molecule has 1 aromatic carbocycles. The molecule has 2 rings (SSSR count). The molecule has 0 atom stereocenters. The molecule has 0 bridgehead atoms. The van der Waals surface area contributed by atoms with Crippen LogP contribution in [0.4, 0.5) is 0 Å². The van der Waals surface area contributed by atoms with Crippen molar-refractivity contribution >= 4 is 6.29 Å². The van der Waals surface area contributed by atoms with Crippen molar-refractivity contribution in [2.45, 2.75) is 26.3 Å². The van der Waals surface area contributed by atoms with Crippen LogP contribution < -0.4 is 4.74 Å². The summed E-state index contributed by atoms with van der Waals surface area (Å²) in [5.41, 5.74) is 1.89. The third kappa shape index (κ3) is 3.25. The van der Waals surface area contributed by atoms with Gasteiger partial charge in [0.1, 0.15) is 12.4 Å². The van der Waals surface area contributed by atoms with E-state index in [2.05, 4.69) is 19.9 Å². The minimum Gasteiger partial charge on any atom is -0.491 e. The third-order valence-electron chi connectivity index (χ3n) is 3.12. The molecule has 3 heteroatoms. The second kappa shape index (κ2) is 6.23. The number of carbonyl (C=O) groups is 1. The van der Waals surface area contributed by atoms with E-state index >= 15 is 0 Å². The van der Waals surface area contributed by atoms with Crippen molar-refractivity contribution in [1.82, 2.24) is 4.57 Å². The zero-order valence-electron chi connectivity index (χ0n) is 11.4. The van der Waals surface area contributed by atoms with Crippen LogP contribution >= 0.6 is 0 Å². The van der Waals surface area contributed by atoms with Gasteiger partial charge in [0, 0.05) is 6.20 Å². The maximum atomic E-state index is 10.8. The highest BCUT2D eigenvalue weighted by atomic mass is 16.5. The Morgan fingerprint density at radius 3 is 2.74 bits per heavy atom. The zero-order chi connectivity index (χ0) is 13.7. The van der Waals surface area contributed by atoms with Crippen molar-refractivity contribution in [3.05, 3.63) is 53.9 Å². The van der Waals surface area contributed by atoms with Gasteiger partial charge in [-0.3, -0.25) is 4.79 Å². The quantitative estimate of drug-likeness (QED) is 0.742. The molecule has 0 N–H and O–H groups in total. The number of aldehydes is 1.